The van der Waals surface area contributed by atoms with Crippen molar-refractivity contribution in [3.05, 3.63) is 47.5 Å². The van der Waals surface area contributed by atoms with Crippen LogP contribution in [0.5, 0.6) is 23.0 Å². The van der Waals surface area contributed by atoms with Crippen LogP contribution in [0.2, 0.25) is 0 Å². The van der Waals surface area contributed by atoms with Gasteiger partial charge in [0.2, 0.25) is 0 Å². The number of rotatable bonds is 3. The maximum Gasteiger partial charge on any atom is 0.318 e. The van der Waals surface area contributed by atoms with Crippen LogP contribution in [0.3, 0.4) is 0 Å². The van der Waals surface area contributed by atoms with Gasteiger partial charge in [0.25, 0.3) is 0 Å². The minimum absolute atomic E-state index is 0.0617. The van der Waals surface area contributed by atoms with Crippen LogP contribution in [0.25, 0.3) is 0 Å². The number of benzene rings is 2. The van der Waals surface area contributed by atoms with Gasteiger partial charge in [-0.2, -0.15) is 0 Å². The molecule has 1 spiro atoms. The van der Waals surface area contributed by atoms with Gasteiger partial charge in [0, 0.05) is 35.9 Å². The number of fused-ring (bicyclic) bond motifs is 1. The van der Waals surface area contributed by atoms with Crippen LogP contribution in [0, 0.1) is 0 Å². The fourth-order valence-corrected chi connectivity index (χ4v) is 4.49. The Morgan fingerprint density at radius 3 is 2.52 bits per heavy atom. The molecule has 0 saturated carbocycles. The van der Waals surface area contributed by atoms with Crippen molar-refractivity contribution in [1.29, 1.82) is 0 Å². The molecule has 0 bridgehead atoms. The standard InChI is InChI=1S/C22H26N2O5/c1-21(2)12-22(24-20(26)23-21)11-16(15-7-6-14(25)10-18(15)29-22)13-5-8-17(27-3)19(9-13)28-4/h5-10,16,25H,11-12H2,1-4H3,(H2,23,24,26). The van der Waals surface area contributed by atoms with Crippen LogP contribution < -0.4 is 24.8 Å². The molecule has 2 aromatic carbocycles. The quantitative estimate of drug-likeness (QED) is 0.736. The van der Waals surface area contributed by atoms with Crippen LogP contribution in [-0.4, -0.2) is 36.6 Å². The molecule has 0 aliphatic carbocycles. The summed E-state index contributed by atoms with van der Waals surface area (Å²) in [7, 11) is 3.21. The molecular formula is C22H26N2O5. The second-order valence-corrected chi connectivity index (χ2v) is 8.33. The molecule has 2 amide bonds. The molecule has 3 N–H and O–H groups in total. The van der Waals surface area contributed by atoms with Gasteiger partial charge in [-0.25, -0.2) is 4.79 Å². The zero-order valence-corrected chi connectivity index (χ0v) is 17.0. The Balaban J connectivity index is 1.82. The van der Waals surface area contributed by atoms with E-state index < -0.39 is 11.3 Å². The van der Waals surface area contributed by atoms with Crippen LogP contribution in [0.15, 0.2) is 36.4 Å². The summed E-state index contributed by atoms with van der Waals surface area (Å²) in [6, 6.07) is 10.7. The lowest BCUT2D eigenvalue weighted by molar-refractivity contribution is -0.0236. The van der Waals surface area contributed by atoms with Gasteiger partial charge in [0.1, 0.15) is 11.5 Å². The molecule has 7 nitrogen and oxygen atoms in total. The molecule has 2 aliphatic heterocycles. The van der Waals surface area contributed by atoms with E-state index in [1.165, 1.54) is 0 Å². The van der Waals surface area contributed by atoms with E-state index in [4.69, 9.17) is 14.2 Å². The van der Waals surface area contributed by atoms with Crippen LogP contribution >= 0.6 is 0 Å². The van der Waals surface area contributed by atoms with E-state index in [1.807, 2.05) is 38.1 Å². The number of amides is 2. The number of aromatic hydroxyl groups is 1. The lowest BCUT2D eigenvalue weighted by atomic mass is 9.77. The molecule has 0 radical (unpaired) electrons. The average Bonchev–Trinajstić information content (AvgIpc) is 2.64. The summed E-state index contributed by atoms with van der Waals surface area (Å²) >= 11 is 0. The lowest BCUT2D eigenvalue weighted by Crippen LogP contribution is -2.69. The molecule has 2 unspecified atom stereocenters. The molecule has 7 heteroatoms. The van der Waals surface area contributed by atoms with E-state index in [-0.39, 0.29) is 17.7 Å². The highest BCUT2D eigenvalue weighted by molar-refractivity contribution is 5.77. The zero-order chi connectivity index (χ0) is 20.8. The maximum atomic E-state index is 12.4. The molecule has 0 aromatic heterocycles. The van der Waals surface area contributed by atoms with Gasteiger partial charge < -0.3 is 30.0 Å². The first kappa shape index (κ1) is 19.2. The average molecular weight is 398 g/mol. The third-order valence-electron chi connectivity index (χ3n) is 5.54. The Hall–Kier alpha value is -3.09. The van der Waals surface area contributed by atoms with Crippen molar-refractivity contribution in [3.8, 4) is 23.0 Å². The van der Waals surface area contributed by atoms with Gasteiger partial charge >= 0.3 is 6.03 Å². The van der Waals surface area contributed by atoms with Crippen molar-refractivity contribution in [3.63, 3.8) is 0 Å². The molecule has 2 aliphatic rings. The maximum absolute atomic E-state index is 12.4. The predicted octanol–water partition coefficient (Wildman–Crippen LogP) is 3.50. The molecule has 2 heterocycles. The molecule has 1 saturated heterocycles. The first-order valence-electron chi connectivity index (χ1n) is 9.58. The number of nitrogens with one attached hydrogen (secondary N) is 2. The molecular weight excluding hydrogens is 372 g/mol. The van der Waals surface area contributed by atoms with Crippen molar-refractivity contribution in [2.75, 3.05) is 14.2 Å². The van der Waals surface area contributed by atoms with E-state index in [0.717, 1.165) is 11.1 Å². The summed E-state index contributed by atoms with van der Waals surface area (Å²) in [5.74, 6) is 1.91. The Labute approximate surface area is 170 Å². The number of phenolic OH excluding ortho intramolecular Hbond substituents is 1. The first-order chi connectivity index (χ1) is 13.7. The normalized spacial score (nSPS) is 24.7. The Kier molecular flexibility index (Phi) is 4.48. The van der Waals surface area contributed by atoms with Crippen molar-refractivity contribution < 1.29 is 24.1 Å². The predicted molar refractivity (Wildman–Crippen MR) is 108 cm³/mol. The topological polar surface area (TPSA) is 89.1 Å². The zero-order valence-electron chi connectivity index (χ0n) is 17.0. The van der Waals surface area contributed by atoms with E-state index >= 15 is 0 Å². The third-order valence-corrected chi connectivity index (χ3v) is 5.54. The van der Waals surface area contributed by atoms with E-state index in [1.54, 1.807) is 26.4 Å². The number of hydrogen-bond acceptors (Lipinski definition) is 5. The Morgan fingerprint density at radius 1 is 1.07 bits per heavy atom. The summed E-state index contributed by atoms with van der Waals surface area (Å²) in [5.41, 5.74) is 0.651. The van der Waals surface area contributed by atoms with Gasteiger partial charge in [-0.15, -0.1) is 0 Å². The number of hydrogen-bond donors (Lipinski definition) is 3. The van der Waals surface area contributed by atoms with E-state index in [2.05, 4.69) is 10.6 Å². The smallest absolute Gasteiger partial charge is 0.318 e. The van der Waals surface area contributed by atoms with Crippen LogP contribution in [0.4, 0.5) is 4.79 Å². The Bertz CT molecular complexity index is 958. The molecule has 2 atom stereocenters. The summed E-state index contributed by atoms with van der Waals surface area (Å²) in [5, 5.41) is 15.9. The molecule has 154 valence electrons. The highest BCUT2D eigenvalue weighted by Gasteiger charge is 2.49. The number of ether oxygens (including phenoxy) is 3. The second-order valence-electron chi connectivity index (χ2n) is 8.33. The fraction of sp³-hybridized carbons (Fsp3) is 0.409. The highest BCUT2D eigenvalue weighted by atomic mass is 16.5. The van der Waals surface area contributed by atoms with Crippen molar-refractivity contribution >= 4 is 6.03 Å². The number of methoxy groups -OCH3 is 2. The van der Waals surface area contributed by atoms with Crippen molar-refractivity contribution in [1.82, 2.24) is 10.6 Å². The first-order valence-corrected chi connectivity index (χ1v) is 9.58. The minimum atomic E-state index is -0.884. The molecule has 29 heavy (non-hydrogen) atoms. The second kappa shape index (κ2) is 6.76. The van der Waals surface area contributed by atoms with Crippen LogP contribution in [0.1, 0.15) is 43.7 Å². The van der Waals surface area contributed by atoms with Gasteiger partial charge in [0.05, 0.1) is 14.2 Å². The van der Waals surface area contributed by atoms with E-state index in [0.29, 0.717) is 30.1 Å². The van der Waals surface area contributed by atoms with Gasteiger partial charge in [0.15, 0.2) is 17.2 Å². The summed E-state index contributed by atoms with van der Waals surface area (Å²) < 4.78 is 17.2. The van der Waals surface area contributed by atoms with Gasteiger partial charge in [-0.1, -0.05) is 12.1 Å². The number of carbonyl (C=O) groups is 1. The monoisotopic (exact) mass is 398 g/mol. The van der Waals surface area contributed by atoms with E-state index in [9.17, 15) is 9.90 Å². The third kappa shape index (κ3) is 3.52. The lowest BCUT2D eigenvalue weighted by Gasteiger charge is -2.49. The van der Waals surface area contributed by atoms with Crippen molar-refractivity contribution in [2.45, 2.75) is 43.9 Å². The van der Waals surface area contributed by atoms with Crippen molar-refractivity contribution in [2.24, 2.45) is 0 Å². The van der Waals surface area contributed by atoms with Crippen LogP contribution in [-0.2, 0) is 0 Å². The summed E-state index contributed by atoms with van der Waals surface area (Å²) in [6.07, 6.45) is 1.13. The number of carbonyl (C=O) groups excluding carboxylic acids is 1. The highest BCUT2D eigenvalue weighted by Crippen LogP contribution is 2.48. The fourth-order valence-electron chi connectivity index (χ4n) is 4.49. The largest absolute Gasteiger partial charge is 0.508 e. The minimum Gasteiger partial charge on any atom is -0.508 e. The van der Waals surface area contributed by atoms with Gasteiger partial charge in [-0.05, 0) is 37.6 Å². The molecule has 2 aromatic rings. The summed E-state index contributed by atoms with van der Waals surface area (Å²) in [6.45, 7) is 3.94. The SMILES string of the molecule is COc1ccc(C2CC3(CC(C)(C)NC(=O)N3)Oc3cc(O)ccc32)cc1OC. The number of urea groups is 1. The number of phenols is 1. The molecule has 1 fully saturated rings. The molecule has 4 rings (SSSR count). The Morgan fingerprint density at radius 2 is 1.83 bits per heavy atom. The summed E-state index contributed by atoms with van der Waals surface area (Å²) in [4.78, 5) is 12.4. The van der Waals surface area contributed by atoms with Gasteiger partial charge in [-0.3, -0.25) is 0 Å².